The Labute approximate surface area is 169 Å². The first-order valence-electron chi connectivity index (χ1n) is 7.80. The van der Waals surface area contributed by atoms with Crippen molar-refractivity contribution in [3.8, 4) is 10.7 Å². The summed E-state index contributed by atoms with van der Waals surface area (Å²) in [6.45, 7) is -0.592. The normalized spacial score (nSPS) is 11.4. The van der Waals surface area contributed by atoms with Gasteiger partial charge in [-0.25, -0.2) is 12.8 Å². The van der Waals surface area contributed by atoms with Crippen LogP contribution in [0.25, 0.3) is 10.7 Å². The van der Waals surface area contributed by atoms with Crippen LogP contribution >= 0.6 is 22.9 Å². The first-order valence-corrected chi connectivity index (χ1v) is 10.9. The molecule has 3 rings (SSSR count). The maximum atomic E-state index is 13.3. The zero-order valence-electron chi connectivity index (χ0n) is 14.4. The number of thiophene rings is 1. The monoisotopic (exact) mass is 444 g/mol. The third-order valence-corrected chi connectivity index (χ3v) is 5.82. The Balaban J connectivity index is 1.66. The van der Waals surface area contributed by atoms with Gasteiger partial charge in [-0.1, -0.05) is 22.8 Å². The second-order valence-electron chi connectivity index (χ2n) is 5.63. The highest BCUT2D eigenvalue weighted by Crippen LogP contribution is 2.24. The van der Waals surface area contributed by atoms with Gasteiger partial charge in [0.1, 0.15) is 12.4 Å². The fraction of sp³-hybridized carbons (Fsp3) is 0.188. The standard InChI is InChI=1S/C16H14ClFN4O4S2/c1-28(24,25)22(10-4-5-12(18)11(17)7-10)9-14(23)19-8-15-20-16(21-26-15)13-3-2-6-27-13/h2-7H,8-9H2,1H3,(H,19,23). The van der Waals surface area contributed by atoms with E-state index in [4.69, 9.17) is 16.1 Å². The number of carbonyl (C=O) groups excluding carboxylic acids is 1. The highest BCUT2D eigenvalue weighted by molar-refractivity contribution is 7.92. The number of benzene rings is 1. The van der Waals surface area contributed by atoms with E-state index in [0.29, 0.717) is 5.82 Å². The van der Waals surface area contributed by atoms with Crippen LogP contribution in [-0.4, -0.2) is 37.3 Å². The molecule has 0 unspecified atom stereocenters. The lowest BCUT2D eigenvalue weighted by Crippen LogP contribution is -2.40. The minimum absolute atomic E-state index is 0.0705. The molecule has 1 aromatic carbocycles. The van der Waals surface area contributed by atoms with Crippen molar-refractivity contribution in [1.29, 1.82) is 0 Å². The number of nitrogens with one attached hydrogen (secondary N) is 1. The number of halogens is 2. The topological polar surface area (TPSA) is 105 Å². The number of hydrogen-bond donors (Lipinski definition) is 1. The van der Waals surface area contributed by atoms with Crippen molar-refractivity contribution in [2.75, 3.05) is 17.1 Å². The minimum Gasteiger partial charge on any atom is -0.345 e. The van der Waals surface area contributed by atoms with Crippen LogP contribution < -0.4 is 9.62 Å². The van der Waals surface area contributed by atoms with E-state index in [0.717, 1.165) is 27.6 Å². The van der Waals surface area contributed by atoms with E-state index < -0.39 is 28.3 Å². The molecule has 0 saturated heterocycles. The Kier molecular flexibility index (Phi) is 5.96. The summed E-state index contributed by atoms with van der Waals surface area (Å²) in [5, 5.41) is 7.95. The van der Waals surface area contributed by atoms with Gasteiger partial charge in [0.15, 0.2) is 0 Å². The van der Waals surface area contributed by atoms with Crippen LogP contribution in [-0.2, 0) is 21.4 Å². The van der Waals surface area contributed by atoms with E-state index in [2.05, 4.69) is 15.5 Å². The van der Waals surface area contributed by atoms with Gasteiger partial charge in [0.05, 0.1) is 28.4 Å². The van der Waals surface area contributed by atoms with Crippen molar-refractivity contribution in [2.24, 2.45) is 0 Å². The Hall–Kier alpha value is -2.50. The van der Waals surface area contributed by atoms with Gasteiger partial charge in [0.25, 0.3) is 0 Å². The largest absolute Gasteiger partial charge is 0.345 e. The summed E-state index contributed by atoms with van der Waals surface area (Å²) in [7, 11) is -3.81. The zero-order valence-corrected chi connectivity index (χ0v) is 16.8. The Bertz CT molecular complexity index is 1090. The average Bonchev–Trinajstić information content (AvgIpc) is 3.30. The second-order valence-corrected chi connectivity index (χ2v) is 8.90. The van der Waals surface area contributed by atoms with Crippen molar-refractivity contribution in [1.82, 2.24) is 15.5 Å². The van der Waals surface area contributed by atoms with Crippen molar-refractivity contribution >= 4 is 44.6 Å². The quantitative estimate of drug-likeness (QED) is 0.600. The number of aromatic nitrogens is 2. The molecular formula is C16H14ClFN4O4S2. The highest BCUT2D eigenvalue weighted by atomic mass is 35.5. The van der Waals surface area contributed by atoms with Crippen LogP contribution in [0.4, 0.5) is 10.1 Å². The van der Waals surface area contributed by atoms with Crippen LogP contribution in [0, 0.1) is 5.82 Å². The van der Waals surface area contributed by atoms with Gasteiger partial charge in [0, 0.05) is 0 Å². The average molecular weight is 445 g/mol. The summed E-state index contributed by atoms with van der Waals surface area (Å²) in [6.07, 6.45) is 0.933. The summed E-state index contributed by atoms with van der Waals surface area (Å²) in [5.41, 5.74) is 0.0711. The molecule has 8 nitrogen and oxygen atoms in total. The number of sulfonamides is 1. The first-order chi connectivity index (χ1) is 13.2. The molecule has 0 bridgehead atoms. The third kappa shape index (κ3) is 4.86. The van der Waals surface area contributed by atoms with E-state index in [1.807, 2.05) is 17.5 Å². The van der Waals surface area contributed by atoms with E-state index in [1.54, 1.807) is 0 Å². The molecule has 0 saturated carbocycles. The molecular weight excluding hydrogens is 431 g/mol. The fourth-order valence-corrected chi connectivity index (χ4v) is 3.91. The lowest BCUT2D eigenvalue weighted by molar-refractivity contribution is -0.119. The van der Waals surface area contributed by atoms with Crippen molar-refractivity contribution in [2.45, 2.75) is 6.54 Å². The first kappa shape index (κ1) is 20.2. The minimum atomic E-state index is -3.81. The van der Waals surface area contributed by atoms with E-state index >= 15 is 0 Å². The predicted octanol–water partition coefficient (Wildman–Crippen LogP) is 2.67. The molecule has 0 aliphatic carbocycles. The SMILES string of the molecule is CS(=O)(=O)N(CC(=O)NCc1nc(-c2cccs2)no1)c1ccc(F)c(Cl)c1. The summed E-state index contributed by atoms with van der Waals surface area (Å²) in [6, 6.07) is 7.06. The Morgan fingerprint density at radius 1 is 1.39 bits per heavy atom. The number of hydrogen-bond acceptors (Lipinski definition) is 7. The number of nitrogens with zero attached hydrogens (tertiary/aromatic N) is 3. The van der Waals surface area contributed by atoms with Crippen molar-refractivity contribution in [3.63, 3.8) is 0 Å². The summed E-state index contributed by atoms with van der Waals surface area (Å²) in [5.74, 6) is -0.728. The van der Waals surface area contributed by atoms with Gasteiger partial charge < -0.3 is 9.84 Å². The number of amides is 1. The molecule has 2 aromatic heterocycles. The molecule has 0 spiro atoms. The predicted molar refractivity (Wildman–Crippen MR) is 103 cm³/mol. The van der Waals surface area contributed by atoms with E-state index in [-0.39, 0.29) is 23.1 Å². The molecule has 12 heteroatoms. The summed E-state index contributed by atoms with van der Waals surface area (Å²) >= 11 is 7.15. The van der Waals surface area contributed by atoms with Gasteiger partial charge >= 0.3 is 0 Å². The van der Waals surface area contributed by atoms with Crippen LogP contribution in [0.1, 0.15) is 5.89 Å². The molecule has 1 amide bonds. The smallest absolute Gasteiger partial charge is 0.246 e. The summed E-state index contributed by atoms with van der Waals surface area (Å²) in [4.78, 5) is 17.2. The molecule has 0 radical (unpaired) electrons. The van der Waals surface area contributed by atoms with Gasteiger partial charge in [-0.3, -0.25) is 9.10 Å². The van der Waals surface area contributed by atoms with Gasteiger partial charge in [-0.2, -0.15) is 4.98 Å². The number of carbonyl (C=O) groups is 1. The fourth-order valence-electron chi connectivity index (χ4n) is 2.23. The molecule has 0 aliphatic heterocycles. The van der Waals surface area contributed by atoms with Crippen LogP contribution in [0.15, 0.2) is 40.2 Å². The van der Waals surface area contributed by atoms with Crippen molar-refractivity contribution < 1.29 is 22.1 Å². The molecule has 3 aromatic rings. The molecule has 0 aliphatic rings. The molecule has 0 atom stereocenters. The second kappa shape index (κ2) is 8.25. The molecule has 1 N–H and O–H groups in total. The Morgan fingerprint density at radius 3 is 2.82 bits per heavy atom. The van der Waals surface area contributed by atoms with E-state index in [9.17, 15) is 17.6 Å². The number of anilines is 1. The molecule has 28 heavy (non-hydrogen) atoms. The summed E-state index contributed by atoms with van der Waals surface area (Å²) < 4.78 is 43.3. The molecule has 0 fully saturated rings. The van der Waals surface area contributed by atoms with Gasteiger partial charge in [-0.15, -0.1) is 11.3 Å². The zero-order chi connectivity index (χ0) is 20.3. The molecule has 148 valence electrons. The number of rotatable bonds is 7. The lowest BCUT2D eigenvalue weighted by atomic mass is 10.3. The lowest BCUT2D eigenvalue weighted by Gasteiger charge is -2.22. The Morgan fingerprint density at radius 2 is 2.18 bits per heavy atom. The van der Waals surface area contributed by atoms with Crippen LogP contribution in [0.3, 0.4) is 0 Å². The van der Waals surface area contributed by atoms with Gasteiger partial charge in [0.2, 0.25) is 27.6 Å². The van der Waals surface area contributed by atoms with Gasteiger partial charge in [-0.05, 0) is 29.6 Å². The third-order valence-electron chi connectivity index (χ3n) is 3.53. The van der Waals surface area contributed by atoms with E-state index in [1.165, 1.54) is 17.4 Å². The van der Waals surface area contributed by atoms with Crippen LogP contribution in [0.2, 0.25) is 5.02 Å². The highest BCUT2D eigenvalue weighted by Gasteiger charge is 2.22. The molecule has 2 heterocycles. The maximum Gasteiger partial charge on any atom is 0.246 e. The maximum absolute atomic E-state index is 13.3. The van der Waals surface area contributed by atoms with Crippen molar-refractivity contribution in [3.05, 3.63) is 52.4 Å². The van der Waals surface area contributed by atoms with Crippen LogP contribution in [0.5, 0.6) is 0 Å².